The summed E-state index contributed by atoms with van der Waals surface area (Å²) in [5.74, 6) is -1.22. The Morgan fingerprint density at radius 1 is 1.83 bits per heavy atom. The van der Waals surface area contributed by atoms with E-state index in [1.807, 2.05) is 6.92 Å². The molecule has 12 heavy (non-hydrogen) atoms. The molecule has 1 aromatic rings. The van der Waals surface area contributed by atoms with Crippen molar-refractivity contribution >= 4 is 5.97 Å². The van der Waals surface area contributed by atoms with E-state index in [0.717, 1.165) is 6.42 Å². The summed E-state index contributed by atoms with van der Waals surface area (Å²) in [6.45, 7) is 1.96. The van der Waals surface area contributed by atoms with Gasteiger partial charge in [-0.15, -0.1) is 0 Å². The van der Waals surface area contributed by atoms with Crippen LogP contribution in [-0.4, -0.2) is 21.0 Å². The third-order valence-electron chi connectivity index (χ3n) is 1.77. The molecule has 0 aromatic carbocycles. The first-order valence-electron chi connectivity index (χ1n) is 3.96. The minimum absolute atomic E-state index is 0.433. The number of aromatic nitrogens is 2. The van der Waals surface area contributed by atoms with Gasteiger partial charge in [-0.05, 0) is 6.42 Å². The Morgan fingerprint density at radius 2 is 2.58 bits per heavy atom. The average molecular weight is 168 g/mol. The van der Waals surface area contributed by atoms with E-state index in [4.69, 9.17) is 5.11 Å². The van der Waals surface area contributed by atoms with Crippen LogP contribution in [0.2, 0.25) is 0 Å². The average Bonchev–Trinajstić information content (AvgIpc) is 2.51. The van der Waals surface area contributed by atoms with Gasteiger partial charge in [0.15, 0.2) is 0 Å². The van der Waals surface area contributed by atoms with Crippen molar-refractivity contribution in [3.05, 3.63) is 18.2 Å². The topological polar surface area (TPSA) is 66.0 Å². The van der Waals surface area contributed by atoms with E-state index in [-0.39, 0.29) is 0 Å². The first-order chi connectivity index (χ1) is 5.75. The number of aromatic amines is 1. The molecule has 0 saturated carbocycles. The van der Waals surface area contributed by atoms with Crippen LogP contribution in [0, 0.1) is 0 Å². The maximum atomic E-state index is 10.7. The number of hydrogen-bond donors (Lipinski definition) is 2. The molecular formula is C8H12N2O2. The Bertz CT molecular complexity index is 244. The van der Waals surface area contributed by atoms with Crippen LogP contribution in [0.5, 0.6) is 0 Å². The number of carboxylic acid groups (broad SMARTS) is 1. The molecular weight excluding hydrogens is 156 g/mol. The van der Waals surface area contributed by atoms with Crippen molar-refractivity contribution in [1.29, 1.82) is 0 Å². The fourth-order valence-corrected chi connectivity index (χ4v) is 1.16. The lowest BCUT2D eigenvalue weighted by molar-refractivity contribution is -0.139. The second-order valence-electron chi connectivity index (χ2n) is 2.69. The normalized spacial score (nSPS) is 12.8. The minimum atomic E-state index is -0.791. The predicted octanol–water partition coefficient (Wildman–Crippen LogP) is 1.38. The molecule has 2 N–H and O–H groups in total. The molecule has 1 aromatic heterocycles. The lowest BCUT2D eigenvalue weighted by Crippen LogP contribution is -2.11. The molecule has 0 spiro atoms. The van der Waals surface area contributed by atoms with Gasteiger partial charge in [0.25, 0.3) is 0 Å². The summed E-state index contributed by atoms with van der Waals surface area (Å²) in [7, 11) is 0. The van der Waals surface area contributed by atoms with Gasteiger partial charge >= 0.3 is 5.97 Å². The zero-order valence-electron chi connectivity index (χ0n) is 6.95. The van der Waals surface area contributed by atoms with E-state index in [2.05, 4.69) is 9.97 Å². The molecule has 1 unspecified atom stereocenters. The Morgan fingerprint density at radius 3 is 3.00 bits per heavy atom. The second-order valence-corrected chi connectivity index (χ2v) is 2.69. The molecule has 0 amide bonds. The predicted molar refractivity (Wildman–Crippen MR) is 43.9 cm³/mol. The lowest BCUT2D eigenvalue weighted by atomic mass is 10.0. The summed E-state index contributed by atoms with van der Waals surface area (Å²) < 4.78 is 0. The van der Waals surface area contributed by atoms with Crippen LogP contribution in [0.15, 0.2) is 12.5 Å². The van der Waals surface area contributed by atoms with Gasteiger partial charge in [-0.2, -0.15) is 0 Å². The van der Waals surface area contributed by atoms with E-state index in [0.29, 0.717) is 12.1 Å². The number of carbonyl (C=O) groups is 1. The maximum Gasteiger partial charge on any atom is 0.312 e. The molecule has 4 heteroatoms. The van der Waals surface area contributed by atoms with Gasteiger partial charge in [-0.25, -0.2) is 4.98 Å². The van der Waals surface area contributed by atoms with Crippen molar-refractivity contribution in [3.8, 4) is 0 Å². The number of nitrogens with one attached hydrogen (secondary N) is 1. The molecule has 1 rings (SSSR count). The van der Waals surface area contributed by atoms with Gasteiger partial charge in [-0.3, -0.25) is 4.79 Å². The van der Waals surface area contributed by atoms with E-state index in [1.165, 1.54) is 6.33 Å². The van der Waals surface area contributed by atoms with E-state index in [1.54, 1.807) is 6.20 Å². The highest BCUT2D eigenvalue weighted by Gasteiger charge is 2.19. The molecule has 0 bridgehead atoms. The van der Waals surface area contributed by atoms with Crippen LogP contribution < -0.4 is 0 Å². The highest BCUT2D eigenvalue weighted by molar-refractivity contribution is 5.75. The molecule has 4 nitrogen and oxygen atoms in total. The third kappa shape index (κ3) is 1.84. The molecule has 0 radical (unpaired) electrons. The van der Waals surface area contributed by atoms with E-state index in [9.17, 15) is 4.79 Å². The Balaban J connectivity index is 2.73. The van der Waals surface area contributed by atoms with Gasteiger partial charge in [0.05, 0.1) is 12.2 Å². The summed E-state index contributed by atoms with van der Waals surface area (Å²) >= 11 is 0. The van der Waals surface area contributed by atoms with E-state index >= 15 is 0 Å². The first-order valence-corrected chi connectivity index (χ1v) is 3.96. The van der Waals surface area contributed by atoms with Crippen molar-refractivity contribution < 1.29 is 9.90 Å². The van der Waals surface area contributed by atoms with Crippen LogP contribution in [0.25, 0.3) is 0 Å². The number of rotatable bonds is 4. The zero-order chi connectivity index (χ0) is 8.97. The summed E-state index contributed by atoms with van der Waals surface area (Å²) in [4.78, 5) is 17.3. The van der Waals surface area contributed by atoms with Crippen LogP contribution in [0.1, 0.15) is 31.4 Å². The van der Waals surface area contributed by atoms with Gasteiger partial charge < -0.3 is 10.1 Å². The number of H-pyrrole nitrogens is 1. The Kier molecular flexibility index (Phi) is 2.85. The molecule has 0 fully saturated rings. The SMILES string of the molecule is CCCC(C(=O)O)c1cnc[nH]1. The number of hydrogen-bond acceptors (Lipinski definition) is 2. The summed E-state index contributed by atoms with van der Waals surface area (Å²) in [6.07, 6.45) is 4.57. The molecule has 0 aliphatic heterocycles. The van der Waals surface area contributed by atoms with Crippen LogP contribution >= 0.6 is 0 Å². The number of imidazole rings is 1. The zero-order valence-corrected chi connectivity index (χ0v) is 6.95. The number of nitrogens with zero attached hydrogens (tertiary/aromatic N) is 1. The summed E-state index contributed by atoms with van der Waals surface area (Å²) in [5.41, 5.74) is 0.685. The van der Waals surface area contributed by atoms with Gasteiger partial charge in [0.2, 0.25) is 0 Å². The fraction of sp³-hybridized carbons (Fsp3) is 0.500. The highest BCUT2D eigenvalue weighted by Crippen LogP contribution is 2.18. The summed E-state index contributed by atoms with van der Waals surface area (Å²) in [5, 5.41) is 8.83. The molecule has 1 heterocycles. The first kappa shape index (κ1) is 8.77. The summed E-state index contributed by atoms with van der Waals surface area (Å²) in [6, 6.07) is 0. The van der Waals surface area contributed by atoms with E-state index < -0.39 is 11.9 Å². The van der Waals surface area contributed by atoms with Crippen LogP contribution in [0.3, 0.4) is 0 Å². The maximum absolute atomic E-state index is 10.7. The molecule has 0 aliphatic carbocycles. The fourth-order valence-electron chi connectivity index (χ4n) is 1.16. The van der Waals surface area contributed by atoms with Crippen LogP contribution in [0.4, 0.5) is 0 Å². The Labute approximate surface area is 70.6 Å². The van der Waals surface area contributed by atoms with Gasteiger partial charge in [0.1, 0.15) is 0 Å². The Hall–Kier alpha value is -1.32. The second kappa shape index (κ2) is 3.90. The van der Waals surface area contributed by atoms with Crippen molar-refractivity contribution in [2.45, 2.75) is 25.7 Å². The molecule has 0 saturated heterocycles. The standard InChI is InChI=1S/C8H12N2O2/c1-2-3-6(8(11)12)7-4-9-5-10-7/h4-6H,2-3H2,1H3,(H,9,10)(H,11,12). The van der Waals surface area contributed by atoms with Gasteiger partial charge in [-0.1, -0.05) is 13.3 Å². The monoisotopic (exact) mass is 168 g/mol. The molecule has 1 atom stereocenters. The van der Waals surface area contributed by atoms with Gasteiger partial charge in [0, 0.05) is 11.9 Å². The highest BCUT2D eigenvalue weighted by atomic mass is 16.4. The minimum Gasteiger partial charge on any atom is -0.481 e. The van der Waals surface area contributed by atoms with Crippen molar-refractivity contribution in [2.75, 3.05) is 0 Å². The number of aliphatic carboxylic acids is 1. The quantitative estimate of drug-likeness (QED) is 0.713. The molecule has 0 aliphatic rings. The third-order valence-corrected chi connectivity index (χ3v) is 1.77. The molecule has 66 valence electrons. The van der Waals surface area contributed by atoms with Crippen molar-refractivity contribution in [3.63, 3.8) is 0 Å². The van der Waals surface area contributed by atoms with Crippen LogP contribution in [-0.2, 0) is 4.79 Å². The van der Waals surface area contributed by atoms with Crippen molar-refractivity contribution in [1.82, 2.24) is 9.97 Å². The number of carboxylic acids is 1. The van der Waals surface area contributed by atoms with Crippen molar-refractivity contribution in [2.24, 2.45) is 0 Å². The smallest absolute Gasteiger partial charge is 0.312 e. The largest absolute Gasteiger partial charge is 0.481 e. The lowest BCUT2D eigenvalue weighted by Gasteiger charge is -2.07.